The van der Waals surface area contributed by atoms with E-state index in [0.29, 0.717) is 5.56 Å². The van der Waals surface area contributed by atoms with Gasteiger partial charge in [-0.05, 0) is 44.7 Å². The first kappa shape index (κ1) is 20.3. The Morgan fingerprint density at radius 2 is 1.75 bits per heavy atom. The second-order valence-corrected chi connectivity index (χ2v) is 7.60. The fourth-order valence-corrected chi connectivity index (χ4v) is 3.62. The molecule has 0 spiro atoms. The molecule has 1 amide bonds. The first-order chi connectivity index (χ1) is 13.3. The third kappa shape index (κ3) is 4.88. The van der Waals surface area contributed by atoms with Crippen molar-refractivity contribution in [2.75, 3.05) is 44.7 Å². The molecule has 3 rings (SSSR count). The van der Waals surface area contributed by atoms with E-state index in [-0.39, 0.29) is 12.5 Å². The third-order valence-electron chi connectivity index (χ3n) is 5.13. The Morgan fingerprint density at radius 1 is 1.11 bits per heavy atom. The maximum Gasteiger partial charge on any atom is 0.253 e. The normalized spacial score (nSPS) is 16.1. The van der Waals surface area contributed by atoms with Crippen molar-refractivity contribution in [3.63, 3.8) is 0 Å². The minimum atomic E-state index is -0.816. The fraction of sp³-hybridized carbons (Fsp3) is 0.409. The maximum atomic E-state index is 13.8. The highest BCUT2D eigenvalue weighted by Crippen LogP contribution is 2.23. The largest absolute Gasteiger partial charge is 0.387 e. The van der Waals surface area contributed by atoms with Crippen LogP contribution in [0.5, 0.6) is 0 Å². The summed E-state index contributed by atoms with van der Waals surface area (Å²) in [5.41, 5.74) is 3.91. The summed E-state index contributed by atoms with van der Waals surface area (Å²) in [6.07, 6.45) is -0.816. The van der Waals surface area contributed by atoms with Gasteiger partial charge in [0, 0.05) is 38.4 Å². The van der Waals surface area contributed by atoms with Crippen LogP contribution in [0, 0.1) is 19.7 Å². The van der Waals surface area contributed by atoms with Gasteiger partial charge in [0.1, 0.15) is 5.82 Å². The summed E-state index contributed by atoms with van der Waals surface area (Å²) < 4.78 is 13.8. The van der Waals surface area contributed by atoms with Gasteiger partial charge in [0.05, 0.1) is 11.7 Å². The SMILES string of the molecule is Cc1cc(C)cc(C(O)CNC(=O)c2cc(F)ccc2N2CCN(C)CC2)c1. The summed E-state index contributed by atoms with van der Waals surface area (Å²) >= 11 is 0. The Balaban J connectivity index is 1.72. The number of rotatable bonds is 5. The van der Waals surface area contributed by atoms with Crippen molar-refractivity contribution < 1.29 is 14.3 Å². The summed E-state index contributed by atoms with van der Waals surface area (Å²) in [7, 11) is 2.06. The number of nitrogens with zero attached hydrogens (tertiary/aromatic N) is 2. The van der Waals surface area contributed by atoms with E-state index >= 15 is 0 Å². The zero-order chi connectivity index (χ0) is 20.3. The van der Waals surface area contributed by atoms with E-state index in [1.165, 1.54) is 12.1 Å². The molecule has 6 heteroatoms. The second-order valence-electron chi connectivity index (χ2n) is 7.60. The molecule has 28 heavy (non-hydrogen) atoms. The van der Waals surface area contributed by atoms with Crippen LogP contribution in [-0.4, -0.2) is 55.7 Å². The molecule has 0 radical (unpaired) electrons. The lowest BCUT2D eigenvalue weighted by Crippen LogP contribution is -2.45. The lowest BCUT2D eigenvalue weighted by Gasteiger charge is -2.35. The van der Waals surface area contributed by atoms with Crippen molar-refractivity contribution in [1.29, 1.82) is 0 Å². The number of aryl methyl sites for hydroxylation is 2. The number of carbonyl (C=O) groups excluding carboxylic acids is 1. The Bertz CT molecular complexity index is 827. The van der Waals surface area contributed by atoms with E-state index in [9.17, 15) is 14.3 Å². The topological polar surface area (TPSA) is 55.8 Å². The zero-order valence-electron chi connectivity index (χ0n) is 16.7. The predicted octanol–water partition coefficient (Wildman–Crippen LogP) is 2.66. The second kappa shape index (κ2) is 8.71. The van der Waals surface area contributed by atoms with Crippen molar-refractivity contribution in [3.05, 3.63) is 64.5 Å². The zero-order valence-corrected chi connectivity index (χ0v) is 16.7. The van der Waals surface area contributed by atoms with Crippen LogP contribution in [0.2, 0.25) is 0 Å². The van der Waals surface area contributed by atoms with Gasteiger partial charge in [0.2, 0.25) is 0 Å². The van der Waals surface area contributed by atoms with Gasteiger partial charge in [-0.25, -0.2) is 4.39 Å². The molecular formula is C22H28FN3O2. The van der Waals surface area contributed by atoms with Crippen molar-refractivity contribution in [2.24, 2.45) is 0 Å². The molecule has 0 aromatic heterocycles. The van der Waals surface area contributed by atoms with Gasteiger partial charge < -0.3 is 20.2 Å². The lowest BCUT2D eigenvalue weighted by molar-refractivity contribution is 0.0916. The predicted molar refractivity (Wildman–Crippen MR) is 109 cm³/mol. The standard InChI is InChI=1S/C22H28FN3O2/c1-15-10-16(2)12-17(11-15)21(27)14-24-22(28)19-13-18(23)4-5-20(19)26-8-6-25(3)7-9-26/h4-5,10-13,21,27H,6-9,14H2,1-3H3,(H,24,28). The molecule has 1 atom stereocenters. The van der Waals surface area contributed by atoms with Crippen LogP contribution in [0.1, 0.15) is 33.2 Å². The number of piperazine rings is 1. The van der Waals surface area contributed by atoms with Gasteiger partial charge in [0.25, 0.3) is 5.91 Å². The highest BCUT2D eigenvalue weighted by atomic mass is 19.1. The van der Waals surface area contributed by atoms with Gasteiger partial charge in [0.15, 0.2) is 0 Å². The molecule has 1 aliphatic heterocycles. The Kier molecular flexibility index (Phi) is 6.31. The Hall–Kier alpha value is -2.44. The summed E-state index contributed by atoms with van der Waals surface area (Å²) in [6.45, 7) is 7.36. The maximum absolute atomic E-state index is 13.8. The van der Waals surface area contributed by atoms with E-state index in [4.69, 9.17) is 0 Å². The molecule has 0 aliphatic carbocycles. The number of halogens is 1. The molecule has 150 valence electrons. The van der Waals surface area contributed by atoms with Crippen LogP contribution in [0.25, 0.3) is 0 Å². The monoisotopic (exact) mass is 385 g/mol. The molecule has 2 aromatic rings. The van der Waals surface area contributed by atoms with Gasteiger partial charge in [-0.3, -0.25) is 4.79 Å². The first-order valence-electron chi connectivity index (χ1n) is 9.61. The molecular weight excluding hydrogens is 357 g/mol. The highest BCUT2D eigenvalue weighted by molar-refractivity contribution is 5.99. The number of amides is 1. The van der Waals surface area contributed by atoms with Crippen LogP contribution in [0.15, 0.2) is 36.4 Å². The molecule has 1 saturated heterocycles. The fourth-order valence-electron chi connectivity index (χ4n) is 3.62. The number of likely N-dealkylation sites (N-methyl/N-ethyl adjacent to an activating group) is 1. The first-order valence-corrected chi connectivity index (χ1v) is 9.61. The third-order valence-corrected chi connectivity index (χ3v) is 5.13. The molecule has 5 nitrogen and oxygen atoms in total. The van der Waals surface area contributed by atoms with Gasteiger partial charge in [-0.15, -0.1) is 0 Å². The van der Waals surface area contributed by atoms with Crippen LogP contribution in [0.4, 0.5) is 10.1 Å². The molecule has 1 heterocycles. The highest BCUT2D eigenvalue weighted by Gasteiger charge is 2.21. The quantitative estimate of drug-likeness (QED) is 0.831. The number of aliphatic hydroxyl groups is 1. The van der Waals surface area contributed by atoms with Crippen LogP contribution in [-0.2, 0) is 0 Å². The van der Waals surface area contributed by atoms with Crippen LogP contribution < -0.4 is 10.2 Å². The van der Waals surface area contributed by atoms with Crippen molar-refractivity contribution in [2.45, 2.75) is 20.0 Å². The molecule has 1 unspecified atom stereocenters. The number of hydrogen-bond donors (Lipinski definition) is 2. The number of hydrogen-bond acceptors (Lipinski definition) is 4. The summed E-state index contributed by atoms with van der Waals surface area (Å²) in [4.78, 5) is 17.1. The Morgan fingerprint density at radius 3 is 2.39 bits per heavy atom. The number of anilines is 1. The molecule has 1 aliphatic rings. The van der Waals surface area contributed by atoms with Crippen molar-refractivity contribution >= 4 is 11.6 Å². The number of nitrogens with one attached hydrogen (secondary N) is 1. The summed E-state index contributed by atoms with van der Waals surface area (Å²) in [5, 5.41) is 13.2. The lowest BCUT2D eigenvalue weighted by atomic mass is 10.0. The van der Waals surface area contributed by atoms with E-state index in [1.54, 1.807) is 6.07 Å². The average molecular weight is 385 g/mol. The van der Waals surface area contributed by atoms with Crippen molar-refractivity contribution in [3.8, 4) is 0 Å². The van der Waals surface area contributed by atoms with E-state index < -0.39 is 11.9 Å². The van der Waals surface area contributed by atoms with Gasteiger partial charge >= 0.3 is 0 Å². The smallest absolute Gasteiger partial charge is 0.253 e. The Labute approximate surface area is 165 Å². The molecule has 2 N–H and O–H groups in total. The van der Waals surface area contributed by atoms with Gasteiger partial charge in [-0.2, -0.15) is 0 Å². The molecule has 0 saturated carbocycles. The minimum absolute atomic E-state index is 0.0699. The number of benzene rings is 2. The average Bonchev–Trinajstić information content (AvgIpc) is 2.66. The van der Waals surface area contributed by atoms with Crippen LogP contribution >= 0.6 is 0 Å². The van der Waals surface area contributed by atoms with Gasteiger partial charge in [-0.1, -0.05) is 29.3 Å². The van der Waals surface area contributed by atoms with E-state index in [2.05, 4.69) is 22.2 Å². The molecule has 1 fully saturated rings. The molecule has 2 aromatic carbocycles. The summed E-state index contributed by atoms with van der Waals surface area (Å²) in [5.74, 6) is -0.824. The molecule has 0 bridgehead atoms. The van der Waals surface area contributed by atoms with E-state index in [0.717, 1.165) is 48.6 Å². The van der Waals surface area contributed by atoms with Crippen LogP contribution in [0.3, 0.4) is 0 Å². The van der Waals surface area contributed by atoms with Crippen molar-refractivity contribution in [1.82, 2.24) is 10.2 Å². The minimum Gasteiger partial charge on any atom is -0.387 e. The number of carbonyl (C=O) groups is 1. The summed E-state index contributed by atoms with van der Waals surface area (Å²) in [6, 6.07) is 10.2. The van der Waals surface area contributed by atoms with E-state index in [1.807, 2.05) is 32.0 Å². The number of aliphatic hydroxyl groups excluding tert-OH is 1.